The van der Waals surface area contributed by atoms with Crippen LogP contribution >= 0.6 is 28.1 Å². The number of benzene rings is 1. The lowest BCUT2D eigenvalue weighted by Crippen LogP contribution is -2.06. The van der Waals surface area contributed by atoms with Crippen LogP contribution in [0.3, 0.4) is 0 Å². The van der Waals surface area contributed by atoms with Gasteiger partial charge >= 0.3 is 6.18 Å². The molecule has 0 radical (unpaired) electrons. The fourth-order valence-corrected chi connectivity index (χ4v) is 2.03. The van der Waals surface area contributed by atoms with Crippen LogP contribution in [0.2, 0.25) is 0 Å². The lowest BCUT2D eigenvalue weighted by molar-refractivity contribution is -0.138. The van der Waals surface area contributed by atoms with Gasteiger partial charge in [0.05, 0.1) is 5.56 Å². The minimum Gasteiger partial charge on any atom is -0.279 e. The number of aromatic amines is 1. The first-order valence-corrected chi connectivity index (χ1v) is 5.99. The van der Waals surface area contributed by atoms with E-state index in [0.717, 1.165) is 6.07 Å². The summed E-state index contributed by atoms with van der Waals surface area (Å²) >= 11 is 7.78. The van der Waals surface area contributed by atoms with Crippen LogP contribution in [-0.4, -0.2) is 14.8 Å². The third kappa shape index (κ3) is 2.49. The molecule has 0 saturated heterocycles. The van der Waals surface area contributed by atoms with E-state index in [4.69, 9.17) is 12.2 Å². The summed E-state index contributed by atoms with van der Waals surface area (Å²) in [7, 11) is 1.64. The van der Waals surface area contributed by atoms with Crippen LogP contribution in [0.4, 0.5) is 13.2 Å². The number of H-pyrrole nitrogens is 1. The summed E-state index contributed by atoms with van der Waals surface area (Å²) in [6.45, 7) is 0. The van der Waals surface area contributed by atoms with Crippen molar-refractivity contribution in [1.29, 1.82) is 0 Å². The Kier molecular flexibility index (Phi) is 3.33. The van der Waals surface area contributed by atoms with Crippen molar-refractivity contribution < 1.29 is 13.2 Å². The minimum absolute atomic E-state index is 0.00622. The maximum absolute atomic E-state index is 12.7. The first-order chi connectivity index (χ1) is 8.29. The molecule has 1 N–H and O–H groups in total. The Balaban J connectivity index is 2.57. The topological polar surface area (TPSA) is 33.6 Å². The van der Waals surface area contributed by atoms with Crippen LogP contribution in [0.5, 0.6) is 0 Å². The predicted molar refractivity (Wildman–Crippen MR) is 66.5 cm³/mol. The SMILES string of the molecule is Cn1[nH]c(-c2ccc(Br)c(C(F)(F)F)c2)nc1=S. The van der Waals surface area contributed by atoms with Gasteiger partial charge in [0.2, 0.25) is 4.77 Å². The quantitative estimate of drug-likeness (QED) is 0.800. The van der Waals surface area contributed by atoms with Crippen molar-refractivity contribution in [3.05, 3.63) is 33.0 Å². The van der Waals surface area contributed by atoms with E-state index in [0.29, 0.717) is 11.4 Å². The summed E-state index contributed by atoms with van der Waals surface area (Å²) in [6.07, 6.45) is -4.42. The maximum Gasteiger partial charge on any atom is 0.417 e. The van der Waals surface area contributed by atoms with E-state index in [2.05, 4.69) is 26.0 Å². The van der Waals surface area contributed by atoms with Gasteiger partial charge in [0.1, 0.15) is 0 Å². The molecule has 0 atom stereocenters. The number of aryl methyl sites for hydroxylation is 1. The second kappa shape index (κ2) is 4.51. The summed E-state index contributed by atoms with van der Waals surface area (Å²) < 4.78 is 40.0. The number of aromatic nitrogens is 3. The van der Waals surface area contributed by atoms with Crippen LogP contribution in [0.15, 0.2) is 22.7 Å². The highest BCUT2D eigenvalue weighted by molar-refractivity contribution is 9.10. The van der Waals surface area contributed by atoms with Gasteiger partial charge in [-0.3, -0.25) is 9.78 Å². The number of alkyl halides is 3. The number of hydrogen-bond acceptors (Lipinski definition) is 2. The van der Waals surface area contributed by atoms with Crippen LogP contribution in [-0.2, 0) is 13.2 Å². The fraction of sp³-hybridized carbons (Fsp3) is 0.200. The highest BCUT2D eigenvalue weighted by atomic mass is 79.9. The summed E-state index contributed by atoms with van der Waals surface area (Å²) in [5, 5.41) is 2.78. The van der Waals surface area contributed by atoms with Crippen LogP contribution in [0, 0.1) is 4.77 Å². The Bertz CT molecular complexity index is 645. The van der Waals surface area contributed by atoms with Crippen molar-refractivity contribution in [3.8, 4) is 11.4 Å². The van der Waals surface area contributed by atoms with Gasteiger partial charge < -0.3 is 0 Å². The van der Waals surface area contributed by atoms with Crippen molar-refractivity contribution in [1.82, 2.24) is 14.8 Å². The molecule has 0 unspecified atom stereocenters. The fourth-order valence-electron chi connectivity index (χ4n) is 1.42. The molecule has 0 aliphatic rings. The highest BCUT2D eigenvalue weighted by Gasteiger charge is 2.33. The molecule has 1 aromatic heterocycles. The van der Waals surface area contributed by atoms with Gasteiger partial charge in [-0.1, -0.05) is 22.0 Å². The number of rotatable bonds is 1. The smallest absolute Gasteiger partial charge is 0.279 e. The molecule has 0 saturated carbocycles. The van der Waals surface area contributed by atoms with Crippen molar-refractivity contribution in [3.63, 3.8) is 0 Å². The van der Waals surface area contributed by atoms with Crippen molar-refractivity contribution >= 4 is 28.1 Å². The molecule has 1 heterocycles. The first-order valence-electron chi connectivity index (χ1n) is 4.79. The zero-order valence-electron chi connectivity index (χ0n) is 9.05. The van der Waals surface area contributed by atoms with Gasteiger partial charge in [-0.05, 0) is 24.4 Å². The van der Waals surface area contributed by atoms with E-state index in [1.54, 1.807) is 7.05 Å². The average Bonchev–Trinajstić information content (AvgIpc) is 2.58. The summed E-state index contributed by atoms with van der Waals surface area (Å²) in [5.41, 5.74) is -0.415. The van der Waals surface area contributed by atoms with Gasteiger partial charge in [0.25, 0.3) is 0 Å². The van der Waals surface area contributed by atoms with E-state index in [-0.39, 0.29) is 9.24 Å². The molecule has 8 heteroatoms. The normalized spacial score (nSPS) is 11.8. The molecular weight excluding hydrogens is 331 g/mol. The molecule has 0 spiro atoms. The first kappa shape index (κ1) is 13.3. The van der Waals surface area contributed by atoms with Gasteiger partial charge in [-0.2, -0.15) is 18.2 Å². The van der Waals surface area contributed by atoms with E-state index < -0.39 is 11.7 Å². The molecule has 3 nitrogen and oxygen atoms in total. The Morgan fingerprint density at radius 1 is 1.39 bits per heavy atom. The molecule has 2 aromatic rings. The third-order valence-corrected chi connectivity index (χ3v) is 3.37. The van der Waals surface area contributed by atoms with Crippen LogP contribution in [0.1, 0.15) is 5.56 Å². The predicted octanol–water partition coefficient (Wildman–Crippen LogP) is 3.93. The van der Waals surface area contributed by atoms with Gasteiger partial charge in [-0.25, -0.2) is 0 Å². The summed E-state index contributed by atoms with van der Waals surface area (Å²) in [4.78, 5) is 3.97. The molecule has 0 amide bonds. The molecule has 18 heavy (non-hydrogen) atoms. The summed E-state index contributed by atoms with van der Waals surface area (Å²) in [6, 6.07) is 3.90. The molecule has 96 valence electrons. The minimum atomic E-state index is -4.42. The van der Waals surface area contributed by atoms with E-state index in [1.165, 1.54) is 16.8 Å². The Morgan fingerprint density at radius 3 is 2.56 bits per heavy atom. The third-order valence-electron chi connectivity index (χ3n) is 2.31. The van der Waals surface area contributed by atoms with Crippen molar-refractivity contribution in [2.75, 3.05) is 0 Å². The maximum atomic E-state index is 12.7. The monoisotopic (exact) mass is 337 g/mol. The van der Waals surface area contributed by atoms with Crippen LogP contribution in [0.25, 0.3) is 11.4 Å². The summed E-state index contributed by atoms with van der Waals surface area (Å²) in [5.74, 6) is 0.306. The largest absolute Gasteiger partial charge is 0.417 e. The molecule has 0 aliphatic carbocycles. The lowest BCUT2D eigenvalue weighted by Gasteiger charge is -2.10. The van der Waals surface area contributed by atoms with Crippen LogP contribution < -0.4 is 0 Å². The van der Waals surface area contributed by atoms with E-state index >= 15 is 0 Å². The number of hydrogen-bond donors (Lipinski definition) is 1. The van der Waals surface area contributed by atoms with Crippen molar-refractivity contribution in [2.45, 2.75) is 6.18 Å². The number of halogens is 4. The molecular formula is C10H7BrF3N3S. The standard InChI is InChI=1S/C10H7BrF3N3S/c1-17-9(18)15-8(16-17)5-2-3-7(11)6(4-5)10(12,13)14/h2-4H,1H3,(H,15,16,18). The zero-order valence-corrected chi connectivity index (χ0v) is 11.4. The Labute approximate surface area is 114 Å². The van der Waals surface area contributed by atoms with Crippen molar-refractivity contribution in [2.24, 2.45) is 7.05 Å². The average molecular weight is 338 g/mol. The molecule has 0 fully saturated rings. The highest BCUT2D eigenvalue weighted by Crippen LogP contribution is 2.36. The Hall–Kier alpha value is -1.15. The van der Waals surface area contributed by atoms with E-state index in [9.17, 15) is 13.2 Å². The second-order valence-electron chi connectivity index (χ2n) is 3.61. The lowest BCUT2D eigenvalue weighted by atomic mass is 10.1. The number of nitrogens with zero attached hydrogens (tertiary/aromatic N) is 2. The second-order valence-corrected chi connectivity index (χ2v) is 4.83. The van der Waals surface area contributed by atoms with E-state index in [1.807, 2.05) is 0 Å². The van der Waals surface area contributed by atoms with Gasteiger partial charge in [0, 0.05) is 17.1 Å². The van der Waals surface area contributed by atoms with Gasteiger partial charge in [0.15, 0.2) is 5.82 Å². The molecule has 2 rings (SSSR count). The molecule has 1 aromatic carbocycles. The molecule has 0 aliphatic heterocycles. The molecule has 0 bridgehead atoms. The number of nitrogens with one attached hydrogen (secondary N) is 1. The van der Waals surface area contributed by atoms with Gasteiger partial charge in [-0.15, -0.1) is 0 Å². The zero-order chi connectivity index (χ0) is 13.5. The Morgan fingerprint density at radius 2 is 2.06 bits per heavy atom.